The third kappa shape index (κ3) is 2.67. The number of hydrogen-bond acceptors (Lipinski definition) is 3. The van der Waals surface area contributed by atoms with Crippen molar-refractivity contribution in [2.24, 2.45) is 5.92 Å². The minimum absolute atomic E-state index is 0.320. The first-order chi connectivity index (χ1) is 9.69. The molecule has 3 nitrogen and oxygen atoms in total. The van der Waals surface area contributed by atoms with Crippen LogP contribution in [0.15, 0.2) is 12.1 Å². The van der Waals surface area contributed by atoms with Gasteiger partial charge in [0, 0.05) is 30.0 Å². The average molecular weight is 296 g/mol. The third-order valence-electron chi connectivity index (χ3n) is 4.59. The summed E-state index contributed by atoms with van der Waals surface area (Å²) in [6, 6.07) is 4.49. The normalized spacial score (nSPS) is 26.4. The van der Waals surface area contributed by atoms with Crippen LogP contribution < -0.4 is 10.1 Å². The zero-order valence-electron chi connectivity index (χ0n) is 12.1. The van der Waals surface area contributed by atoms with Crippen LogP contribution in [0.25, 0.3) is 0 Å². The molecule has 0 radical (unpaired) electrons. The van der Waals surface area contributed by atoms with Gasteiger partial charge in [0.1, 0.15) is 5.75 Å². The molecular weight excluding hydrogens is 274 g/mol. The van der Waals surface area contributed by atoms with Crippen LogP contribution in [0.2, 0.25) is 5.02 Å². The molecule has 1 fully saturated rings. The Hall–Kier alpha value is -0.770. The van der Waals surface area contributed by atoms with E-state index in [1.165, 1.54) is 11.1 Å². The van der Waals surface area contributed by atoms with Gasteiger partial charge in [0.25, 0.3) is 0 Å². The second kappa shape index (κ2) is 5.92. The summed E-state index contributed by atoms with van der Waals surface area (Å²) in [4.78, 5) is 0. The van der Waals surface area contributed by atoms with Crippen molar-refractivity contribution in [1.82, 2.24) is 5.32 Å². The van der Waals surface area contributed by atoms with Gasteiger partial charge in [-0.05, 0) is 50.1 Å². The lowest BCUT2D eigenvalue weighted by Gasteiger charge is -2.26. The Kier molecular flexibility index (Phi) is 4.20. The fourth-order valence-electron chi connectivity index (χ4n) is 3.48. The van der Waals surface area contributed by atoms with Crippen LogP contribution in [-0.4, -0.2) is 32.4 Å². The summed E-state index contributed by atoms with van der Waals surface area (Å²) in [5.74, 6) is 1.61. The second-order valence-electron chi connectivity index (χ2n) is 5.78. The Bertz CT molecular complexity index is 492. The predicted molar refractivity (Wildman–Crippen MR) is 80.7 cm³/mol. The van der Waals surface area contributed by atoms with Crippen molar-refractivity contribution >= 4 is 11.6 Å². The Morgan fingerprint density at radius 3 is 2.95 bits per heavy atom. The Morgan fingerprint density at radius 2 is 2.25 bits per heavy atom. The van der Waals surface area contributed by atoms with Gasteiger partial charge in [0.05, 0.1) is 12.7 Å². The topological polar surface area (TPSA) is 30.5 Å². The van der Waals surface area contributed by atoms with E-state index in [9.17, 15) is 0 Å². The molecule has 20 heavy (non-hydrogen) atoms. The van der Waals surface area contributed by atoms with Gasteiger partial charge in [0.2, 0.25) is 0 Å². The fourth-order valence-corrected chi connectivity index (χ4v) is 3.74. The first kappa shape index (κ1) is 14.2. The molecule has 3 unspecified atom stereocenters. The van der Waals surface area contributed by atoms with Gasteiger partial charge in [-0.2, -0.15) is 0 Å². The van der Waals surface area contributed by atoms with E-state index in [-0.39, 0.29) is 0 Å². The summed E-state index contributed by atoms with van der Waals surface area (Å²) >= 11 is 6.24. The van der Waals surface area contributed by atoms with Crippen LogP contribution in [-0.2, 0) is 17.6 Å². The number of hydrogen-bond donors (Lipinski definition) is 1. The van der Waals surface area contributed by atoms with Crippen molar-refractivity contribution in [2.45, 2.75) is 38.3 Å². The molecule has 3 atom stereocenters. The molecule has 3 rings (SSSR count). The highest BCUT2D eigenvalue weighted by atomic mass is 35.5. The Morgan fingerprint density at radius 1 is 1.40 bits per heavy atom. The molecule has 0 saturated carbocycles. The number of ether oxygens (including phenoxy) is 2. The van der Waals surface area contributed by atoms with Crippen molar-refractivity contribution in [3.05, 3.63) is 28.3 Å². The maximum absolute atomic E-state index is 6.24. The quantitative estimate of drug-likeness (QED) is 0.926. The molecule has 0 aromatic heterocycles. The maximum atomic E-state index is 6.24. The van der Waals surface area contributed by atoms with Crippen LogP contribution in [0, 0.1) is 5.92 Å². The molecule has 4 heteroatoms. The molecule has 1 aromatic rings. The molecule has 1 N–H and O–H groups in total. The minimum Gasteiger partial charge on any atom is -0.493 e. The molecule has 0 bridgehead atoms. The van der Waals surface area contributed by atoms with Crippen molar-refractivity contribution in [3.63, 3.8) is 0 Å². The number of likely N-dealkylation sites (N-methyl/N-ethyl adjacent to an activating group) is 1. The fraction of sp³-hybridized carbons (Fsp3) is 0.625. The van der Waals surface area contributed by atoms with Crippen LogP contribution >= 0.6 is 11.6 Å². The van der Waals surface area contributed by atoms with Crippen LogP contribution in [0.5, 0.6) is 5.75 Å². The number of rotatable bonds is 4. The summed E-state index contributed by atoms with van der Waals surface area (Å²) in [5, 5.41) is 4.27. The SMILES string of the molecule is CNC(Cc1cc(Cl)cc2c1OCC2)C1CCOC1C. The van der Waals surface area contributed by atoms with Gasteiger partial charge in [-0.25, -0.2) is 0 Å². The van der Waals surface area contributed by atoms with E-state index in [2.05, 4.69) is 18.3 Å². The Labute approximate surface area is 125 Å². The van der Waals surface area contributed by atoms with Gasteiger partial charge < -0.3 is 14.8 Å². The molecule has 110 valence electrons. The number of fused-ring (bicyclic) bond motifs is 1. The molecule has 1 aromatic carbocycles. The molecule has 2 aliphatic heterocycles. The average Bonchev–Trinajstić information content (AvgIpc) is 3.04. The summed E-state index contributed by atoms with van der Waals surface area (Å²) < 4.78 is 11.5. The molecule has 2 heterocycles. The van der Waals surface area contributed by atoms with E-state index in [1.807, 2.05) is 13.1 Å². The highest BCUT2D eigenvalue weighted by Gasteiger charge is 2.32. The summed E-state index contributed by atoms with van der Waals surface area (Å²) in [6.07, 6.45) is 3.35. The van der Waals surface area contributed by atoms with Crippen LogP contribution in [0.3, 0.4) is 0 Å². The summed E-state index contributed by atoms with van der Waals surface area (Å²) in [7, 11) is 2.03. The molecule has 1 saturated heterocycles. The monoisotopic (exact) mass is 295 g/mol. The lowest BCUT2D eigenvalue weighted by molar-refractivity contribution is 0.0962. The van der Waals surface area contributed by atoms with Crippen molar-refractivity contribution < 1.29 is 9.47 Å². The highest BCUT2D eigenvalue weighted by molar-refractivity contribution is 6.30. The third-order valence-corrected chi connectivity index (χ3v) is 4.81. The molecule has 0 amide bonds. The first-order valence-electron chi connectivity index (χ1n) is 7.42. The van der Waals surface area contributed by atoms with Crippen molar-refractivity contribution in [2.75, 3.05) is 20.3 Å². The number of nitrogens with one attached hydrogen (secondary N) is 1. The largest absolute Gasteiger partial charge is 0.493 e. The lowest BCUT2D eigenvalue weighted by Crippen LogP contribution is -2.38. The number of benzene rings is 1. The molecule has 2 aliphatic rings. The van der Waals surface area contributed by atoms with E-state index in [0.29, 0.717) is 18.1 Å². The maximum Gasteiger partial charge on any atom is 0.125 e. The van der Waals surface area contributed by atoms with E-state index < -0.39 is 0 Å². The summed E-state index contributed by atoms with van der Waals surface area (Å²) in [5.41, 5.74) is 2.47. The van der Waals surface area contributed by atoms with E-state index >= 15 is 0 Å². The van der Waals surface area contributed by atoms with Gasteiger partial charge in [-0.15, -0.1) is 0 Å². The summed E-state index contributed by atoms with van der Waals surface area (Å²) in [6.45, 7) is 3.81. The lowest BCUT2D eigenvalue weighted by atomic mass is 9.88. The highest BCUT2D eigenvalue weighted by Crippen LogP contribution is 2.35. The standard InChI is InChI=1S/C16H22ClNO2/c1-10-14(4-6-19-10)15(18-2)9-12-8-13(17)7-11-3-5-20-16(11)12/h7-8,10,14-15,18H,3-6,9H2,1-2H3. The smallest absolute Gasteiger partial charge is 0.125 e. The van der Waals surface area contributed by atoms with Gasteiger partial charge in [0.15, 0.2) is 0 Å². The van der Waals surface area contributed by atoms with Gasteiger partial charge >= 0.3 is 0 Å². The van der Waals surface area contributed by atoms with E-state index in [4.69, 9.17) is 21.1 Å². The first-order valence-corrected chi connectivity index (χ1v) is 7.80. The van der Waals surface area contributed by atoms with Gasteiger partial charge in [-0.3, -0.25) is 0 Å². The van der Waals surface area contributed by atoms with Crippen molar-refractivity contribution in [3.8, 4) is 5.75 Å². The van der Waals surface area contributed by atoms with Crippen molar-refractivity contribution in [1.29, 1.82) is 0 Å². The van der Waals surface area contributed by atoms with Gasteiger partial charge in [-0.1, -0.05) is 11.6 Å². The Balaban J connectivity index is 1.82. The predicted octanol–water partition coefficient (Wildman–Crippen LogP) is 2.83. The van der Waals surface area contributed by atoms with E-state index in [0.717, 1.165) is 43.2 Å². The second-order valence-corrected chi connectivity index (χ2v) is 6.22. The molecule has 0 spiro atoms. The molecule has 0 aliphatic carbocycles. The van der Waals surface area contributed by atoms with E-state index in [1.54, 1.807) is 0 Å². The van der Waals surface area contributed by atoms with Crippen LogP contribution in [0.4, 0.5) is 0 Å². The zero-order chi connectivity index (χ0) is 14.1. The molecular formula is C16H22ClNO2. The zero-order valence-corrected chi connectivity index (χ0v) is 12.9. The van der Waals surface area contributed by atoms with Crippen LogP contribution in [0.1, 0.15) is 24.5 Å². The number of halogens is 1. The minimum atomic E-state index is 0.320.